The Kier molecular flexibility index (Phi) is 2.10. The Labute approximate surface area is 79.3 Å². The van der Waals surface area contributed by atoms with Crippen molar-refractivity contribution in [3.05, 3.63) is 35.9 Å². The second-order valence-electron chi connectivity index (χ2n) is 4.21. The maximum Gasteiger partial charge on any atom is 0.217 e. The molecule has 2 rings (SSSR count). The molecule has 2 heteroatoms. The van der Waals surface area contributed by atoms with E-state index >= 15 is 0 Å². The largest absolute Gasteiger partial charge is 0.318 e. The third-order valence-electron chi connectivity index (χ3n) is 2.53. The highest BCUT2D eigenvalue weighted by Gasteiger charge is 2.39. The van der Waals surface area contributed by atoms with E-state index in [0.717, 1.165) is 17.6 Å². The van der Waals surface area contributed by atoms with Gasteiger partial charge in [0.25, 0.3) is 0 Å². The van der Waals surface area contributed by atoms with Crippen LogP contribution in [0.5, 0.6) is 0 Å². The maximum atomic E-state index is 5.32. The SMILES string of the molecule is C[N+](C)(Cc1ccccc1)C1CO1. The van der Waals surface area contributed by atoms with Crippen molar-refractivity contribution in [2.75, 3.05) is 20.7 Å². The van der Waals surface area contributed by atoms with Crippen LogP contribution in [0.15, 0.2) is 30.3 Å². The molecule has 1 aliphatic rings. The summed E-state index contributed by atoms with van der Waals surface area (Å²) in [7, 11) is 4.43. The van der Waals surface area contributed by atoms with Gasteiger partial charge >= 0.3 is 0 Å². The van der Waals surface area contributed by atoms with E-state index < -0.39 is 0 Å². The molecule has 0 spiro atoms. The second-order valence-corrected chi connectivity index (χ2v) is 4.21. The zero-order chi connectivity index (χ0) is 9.31. The van der Waals surface area contributed by atoms with E-state index in [1.807, 2.05) is 0 Å². The predicted molar refractivity (Wildman–Crippen MR) is 52.0 cm³/mol. The third-order valence-corrected chi connectivity index (χ3v) is 2.53. The minimum Gasteiger partial charge on any atom is -0.318 e. The van der Waals surface area contributed by atoms with Crippen molar-refractivity contribution < 1.29 is 9.22 Å². The Bertz CT molecular complexity index is 277. The summed E-state index contributed by atoms with van der Waals surface area (Å²) < 4.78 is 6.25. The Morgan fingerprint density at radius 3 is 2.46 bits per heavy atom. The molecule has 1 saturated heterocycles. The minimum atomic E-state index is 0.417. The summed E-state index contributed by atoms with van der Waals surface area (Å²) in [6.07, 6.45) is 0.417. The molecule has 1 atom stereocenters. The monoisotopic (exact) mass is 178 g/mol. The number of likely N-dealkylation sites (N-methyl/N-ethyl adjacent to an activating group) is 1. The number of quaternary nitrogens is 1. The van der Waals surface area contributed by atoms with Crippen LogP contribution in [0.1, 0.15) is 5.56 Å². The van der Waals surface area contributed by atoms with Crippen LogP contribution in [0, 0.1) is 0 Å². The number of ether oxygens (including phenoxy) is 1. The molecule has 0 aromatic heterocycles. The van der Waals surface area contributed by atoms with E-state index in [1.165, 1.54) is 5.56 Å². The van der Waals surface area contributed by atoms with Crippen LogP contribution in [-0.2, 0) is 11.3 Å². The fourth-order valence-electron chi connectivity index (χ4n) is 1.60. The smallest absolute Gasteiger partial charge is 0.217 e. The predicted octanol–water partition coefficient (Wildman–Crippen LogP) is 1.62. The quantitative estimate of drug-likeness (QED) is 0.506. The van der Waals surface area contributed by atoms with Crippen LogP contribution in [0.3, 0.4) is 0 Å². The zero-order valence-electron chi connectivity index (χ0n) is 8.23. The van der Waals surface area contributed by atoms with Gasteiger partial charge in [-0.05, 0) is 0 Å². The molecular formula is C11H16NO+. The van der Waals surface area contributed by atoms with Crippen LogP contribution in [0.25, 0.3) is 0 Å². The molecule has 1 aromatic rings. The van der Waals surface area contributed by atoms with E-state index in [1.54, 1.807) is 0 Å². The lowest BCUT2D eigenvalue weighted by Crippen LogP contribution is -2.41. The summed E-state index contributed by atoms with van der Waals surface area (Å²) >= 11 is 0. The van der Waals surface area contributed by atoms with Gasteiger partial charge in [-0.2, -0.15) is 0 Å². The molecule has 0 N–H and O–H groups in total. The number of epoxide rings is 1. The van der Waals surface area contributed by atoms with Crippen LogP contribution < -0.4 is 0 Å². The molecule has 1 aliphatic heterocycles. The fourth-order valence-corrected chi connectivity index (χ4v) is 1.60. The van der Waals surface area contributed by atoms with Crippen molar-refractivity contribution in [2.24, 2.45) is 0 Å². The average molecular weight is 178 g/mol. The molecule has 0 aliphatic carbocycles. The summed E-state index contributed by atoms with van der Waals surface area (Å²) in [6.45, 7) is 1.96. The molecule has 1 heterocycles. The summed E-state index contributed by atoms with van der Waals surface area (Å²) in [5, 5.41) is 0. The maximum absolute atomic E-state index is 5.32. The molecule has 0 saturated carbocycles. The summed E-state index contributed by atoms with van der Waals surface area (Å²) in [5.74, 6) is 0. The average Bonchev–Trinajstić information content (AvgIpc) is 2.87. The van der Waals surface area contributed by atoms with E-state index in [0.29, 0.717) is 6.23 Å². The minimum absolute atomic E-state index is 0.417. The first-order valence-corrected chi connectivity index (χ1v) is 4.67. The van der Waals surface area contributed by atoms with Gasteiger partial charge in [0.15, 0.2) is 0 Å². The highest BCUT2D eigenvalue weighted by atomic mass is 16.6. The second kappa shape index (κ2) is 3.13. The van der Waals surface area contributed by atoms with Crippen molar-refractivity contribution in [1.29, 1.82) is 0 Å². The number of hydrogen-bond donors (Lipinski definition) is 0. The summed E-state index contributed by atoms with van der Waals surface area (Å²) in [4.78, 5) is 0. The van der Waals surface area contributed by atoms with E-state index in [9.17, 15) is 0 Å². The Morgan fingerprint density at radius 2 is 1.92 bits per heavy atom. The van der Waals surface area contributed by atoms with Crippen LogP contribution in [0.2, 0.25) is 0 Å². The molecule has 0 radical (unpaired) electrons. The molecule has 13 heavy (non-hydrogen) atoms. The molecule has 1 aromatic carbocycles. The summed E-state index contributed by atoms with van der Waals surface area (Å²) in [5.41, 5.74) is 1.38. The fraction of sp³-hybridized carbons (Fsp3) is 0.455. The van der Waals surface area contributed by atoms with Gasteiger partial charge in [0.1, 0.15) is 13.2 Å². The van der Waals surface area contributed by atoms with Crippen molar-refractivity contribution in [2.45, 2.75) is 12.8 Å². The van der Waals surface area contributed by atoms with Crippen molar-refractivity contribution in [3.63, 3.8) is 0 Å². The van der Waals surface area contributed by atoms with Crippen LogP contribution in [0.4, 0.5) is 0 Å². The van der Waals surface area contributed by atoms with E-state index in [4.69, 9.17) is 4.74 Å². The lowest BCUT2D eigenvalue weighted by molar-refractivity contribution is -0.923. The lowest BCUT2D eigenvalue weighted by Gasteiger charge is -2.27. The molecule has 0 bridgehead atoms. The van der Waals surface area contributed by atoms with Gasteiger partial charge in [-0.3, -0.25) is 4.48 Å². The van der Waals surface area contributed by atoms with E-state index in [-0.39, 0.29) is 0 Å². The standard InChI is InChI=1S/C11H16NO/c1-12(2,11-9-13-11)8-10-6-4-3-5-7-10/h3-7,11H,8-9H2,1-2H3/q+1. The van der Waals surface area contributed by atoms with Crippen LogP contribution >= 0.6 is 0 Å². The first-order valence-electron chi connectivity index (χ1n) is 4.67. The number of rotatable bonds is 3. The molecule has 1 fully saturated rings. The first-order chi connectivity index (χ1) is 6.18. The topological polar surface area (TPSA) is 12.5 Å². The van der Waals surface area contributed by atoms with Gasteiger partial charge in [-0.15, -0.1) is 0 Å². The molecular weight excluding hydrogens is 162 g/mol. The highest BCUT2D eigenvalue weighted by Crippen LogP contribution is 2.23. The molecule has 70 valence electrons. The van der Waals surface area contributed by atoms with Crippen LogP contribution in [-0.4, -0.2) is 31.4 Å². The first kappa shape index (κ1) is 8.73. The Hall–Kier alpha value is -0.860. The molecule has 0 amide bonds. The third kappa shape index (κ3) is 2.08. The van der Waals surface area contributed by atoms with Gasteiger partial charge in [0, 0.05) is 5.56 Å². The normalized spacial score (nSPS) is 21.5. The summed E-state index contributed by atoms with van der Waals surface area (Å²) in [6, 6.07) is 10.6. The van der Waals surface area contributed by atoms with E-state index in [2.05, 4.69) is 44.4 Å². The number of hydrogen-bond acceptors (Lipinski definition) is 1. The van der Waals surface area contributed by atoms with Gasteiger partial charge in [0.05, 0.1) is 14.1 Å². The van der Waals surface area contributed by atoms with Gasteiger partial charge < -0.3 is 4.74 Å². The van der Waals surface area contributed by atoms with Gasteiger partial charge in [0.2, 0.25) is 6.23 Å². The van der Waals surface area contributed by atoms with Crippen molar-refractivity contribution in [3.8, 4) is 0 Å². The Morgan fingerprint density at radius 1 is 1.31 bits per heavy atom. The molecule has 2 nitrogen and oxygen atoms in total. The number of benzene rings is 1. The van der Waals surface area contributed by atoms with Crippen molar-refractivity contribution >= 4 is 0 Å². The molecule has 1 unspecified atom stereocenters. The zero-order valence-corrected chi connectivity index (χ0v) is 8.23. The highest BCUT2D eigenvalue weighted by molar-refractivity contribution is 5.13. The van der Waals surface area contributed by atoms with Crippen molar-refractivity contribution in [1.82, 2.24) is 0 Å². The number of nitrogens with zero attached hydrogens (tertiary/aromatic N) is 1. The lowest BCUT2D eigenvalue weighted by atomic mass is 10.2. The van der Waals surface area contributed by atoms with Gasteiger partial charge in [-0.25, -0.2) is 0 Å². The Balaban J connectivity index is 2.04. The van der Waals surface area contributed by atoms with Gasteiger partial charge in [-0.1, -0.05) is 30.3 Å².